The molecule has 0 radical (unpaired) electrons. The molecule has 3 nitrogen and oxygen atoms in total. The van der Waals surface area contributed by atoms with Gasteiger partial charge in [0.15, 0.2) is 0 Å². The van der Waals surface area contributed by atoms with Crippen molar-refractivity contribution >= 4 is 45.0 Å². The second-order valence-electron chi connectivity index (χ2n) is 4.95. The third-order valence-electron chi connectivity index (χ3n) is 3.51. The first-order valence-corrected chi connectivity index (χ1v) is 7.28. The molecule has 0 saturated carbocycles. The third-order valence-corrected chi connectivity index (χ3v) is 3.98. The van der Waals surface area contributed by atoms with Crippen LogP contribution in [0.3, 0.4) is 0 Å². The van der Waals surface area contributed by atoms with Gasteiger partial charge in [0.1, 0.15) is 0 Å². The summed E-state index contributed by atoms with van der Waals surface area (Å²) in [6.45, 7) is 0.358. The summed E-state index contributed by atoms with van der Waals surface area (Å²) in [7, 11) is 0. The maximum atomic E-state index is 9.95. The molecule has 0 bridgehead atoms. The van der Waals surface area contributed by atoms with Gasteiger partial charge >= 0.3 is 0 Å². The van der Waals surface area contributed by atoms with Crippen LogP contribution in [0, 0.1) is 11.3 Å². The van der Waals surface area contributed by atoms with Gasteiger partial charge in [-0.1, -0.05) is 23.2 Å². The molecule has 0 aliphatic carbocycles. The number of fused-ring (bicyclic) bond motifs is 3. The topological polar surface area (TPSA) is 48.9 Å². The molecule has 0 amide bonds. The van der Waals surface area contributed by atoms with E-state index in [1.165, 1.54) is 0 Å². The molecule has 1 N–H and O–H groups in total. The van der Waals surface area contributed by atoms with Crippen molar-refractivity contribution in [1.29, 1.82) is 5.26 Å². The number of hydrogen-bond donors (Lipinski definition) is 1. The highest BCUT2D eigenvalue weighted by Gasteiger charge is 2.14. The predicted molar refractivity (Wildman–Crippen MR) is 85.7 cm³/mol. The van der Waals surface area contributed by atoms with Crippen molar-refractivity contribution in [2.24, 2.45) is 0 Å². The van der Waals surface area contributed by atoms with E-state index < -0.39 is 6.10 Å². The molecule has 5 heteroatoms. The normalized spacial score (nSPS) is 12.7. The fraction of sp³-hybridized carbons (Fsp3) is 0.188. The number of nitriles is 1. The Morgan fingerprint density at radius 1 is 1.05 bits per heavy atom. The van der Waals surface area contributed by atoms with Crippen molar-refractivity contribution < 1.29 is 5.11 Å². The highest BCUT2D eigenvalue weighted by molar-refractivity contribution is 6.33. The van der Waals surface area contributed by atoms with E-state index in [2.05, 4.69) is 0 Å². The summed E-state index contributed by atoms with van der Waals surface area (Å²) < 4.78 is 2.00. The van der Waals surface area contributed by atoms with Gasteiger partial charge < -0.3 is 9.67 Å². The van der Waals surface area contributed by atoms with Crippen molar-refractivity contribution in [3.05, 3.63) is 46.4 Å². The Balaban J connectivity index is 2.27. The maximum absolute atomic E-state index is 9.95. The number of aromatic nitrogens is 1. The van der Waals surface area contributed by atoms with Crippen LogP contribution in [0.15, 0.2) is 36.4 Å². The quantitative estimate of drug-likeness (QED) is 0.779. The molecule has 1 aromatic heterocycles. The van der Waals surface area contributed by atoms with Crippen molar-refractivity contribution in [3.63, 3.8) is 0 Å². The van der Waals surface area contributed by atoms with E-state index in [0.29, 0.717) is 16.6 Å². The Hall–Kier alpha value is -1.73. The van der Waals surface area contributed by atoms with Gasteiger partial charge in [-0.25, -0.2) is 0 Å². The van der Waals surface area contributed by atoms with Crippen molar-refractivity contribution in [2.45, 2.75) is 19.1 Å². The SMILES string of the molecule is N#CCC(O)Cn1c2ccc(Cl)cc2c2cc(Cl)ccc21. The predicted octanol–water partition coefficient (Wildman–Crippen LogP) is 4.38. The smallest absolute Gasteiger partial charge is 0.0848 e. The number of halogens is 2. The molecular formula is C16H12Cl2N2O. The van der Waals surface area contributed by atoms with Gasteiger partial charge in [0.05, 0.1) is 25.1 Å². The summed E-state index contributed by atoms with van der Waals surface area (Å²) in [4.78, 5) is 0. The molecular weight excluding hydrogens is 307 g/mol. The van der Waals surface area contributed by atoms with E-state index >= 15 is 0 Å². The van der Waals surface area contributed by atoms with E-state index in [1.54, 1.807) is 0 Å². The van der Waals surface area contributed by atoms with Gasteiger partial charge in [0, 0.05) is 31.9 Å². The number of hydrogen-bond acceptors (Lipinski definition) is 2. The first-order chi connectivity index (χ1) is 10.1. The Kier molecular flexibility index (Phi) is 3.77. The lowest BCUT2D eigenvalue weighted by molar-refractivity contribution is 0.162. The van der Waals surface area contributed by atoms with E-state index in [9.17, 15) is 5.11 Å². The van der Waals surface area contributed by atoms with Crippen molar-refractivity contribution in [1.82, 2.24) is 4.57 Å². The minimum Gasteiger partial charge on any atom is -0.390 e. The van der Waals surface area contributed by atoms with Gasteiger partial charge in [-0.05, 0) is 36.4 Å². The second kappa shape index (κ2) is 5.57. The van der Waals surface area contributed by atoms with Crippen LogP contribution in [0.25, 0.3) is 21.8 Å². The standard InChI is InChI=1S/C16H12Cl2N2O/c17-10-1-3-15-13(7-10)14-8-11(18)2-4-16(14)20(15)9-12(21)5-6-19/h1-4,7-8,12,21H,5,9H2. The summed E-state index contributed by atoms with van der Waals surface area (Å²) in [5.74, 6) is 0. The van der Waals surface area contributed by atoms with Crippen LogP contribution in [-0.4, -0.2) is 15.8 Å². The summed E-state index contributed by atoms with van der Waals surface area (Å²) in [5.41, 5.74) is 1.93. The van der Waals surface area contributed by atoms with Gasteiger partial charge in [0.25, 0.3) is 0 Å². The molecule has 1 atom stereocenters. The fourth-order valence-electron chi connectivity index (χ4n) is 2.63. The monoisotopic (exact) mass is 318 g/mol. The minimum atomic E-state index is -0.708. The number of aliphatic hydroxyl groups excluding tert-OH is 1. The highest BCUT2D eigenvalue weighted by atomic mass is 35.5. The van der Waals surface area contributed by atoms with Crippen molar-refractivity contribution in [2.75, 3.05) is 0 Å². The lowest BCUT2D eigenvalue weighted by atomic mass is 10.1. The highest BCUT2D eigenvalue weighted by Crippen LogP contribution is 2.33. The number of rotatable bonds is 3. The first-order valence-electron chi connectivity index (χ1n) is 6.52. The Morgan fingerprint density at radius 2 is 1.57 bits per heavy atom. The molecule has 1 heterocycles. The van der Waals surface area contributed by atoms with Gasteiger partial charge in [-0.2, -0.15) is 5.26 Å². The molecule has 3 aromatic rings. The van der Waals surface area contributed by atoms with Crippen LogP contribution < -0.4 is 0 Å². The molecule has 3 rings (SSSR count). The molecule has 106 valence electrons. The Morgan fingerprint density at radius 3 is 2.05 bits per heavy atom. The van der Waals surface area contributed by atoms with E-state index in [1.807, 2.05) is 47.0 Å². The van der Waals surface area contributed by atoms with Gasteiger partial charge in [0.2, 0.25) is 0 Å². The zero-order chi connectivity index (χ0) is 15.0. The lowest BCUT2D eigenvalue weighted by Crippen LogP contribution is -2.14. The van der Waals surface area contributed by atoms with Crippen LogP contribution in [0.2, 0.25) is 10.0 Å². The third kappa shape index (κ3) is 2.58. The van der Waals surface area contributed by atoms with Crippen LogP contribution in [0.5, 0.6) is 0 Å². The molecule has 21 heavy (non-hydrogen) atoms. The van der Waals surface area contributed by atoms with E-state index in [0.717, 1.165) is 21.8 Å². The minimum absolute atomic E-state index is 0.0995. The number of nitrogens with zero attached hydrogens (tertiary/aromatic N) is 2. The fourth-order valence-corrected chi connectivity index (χ4v) is 2.97. The average Bonchev–Trinajstić information content (AvgIpc) is 2.72. The lowest BCUT2D eigenvalue weighted by Gasteiger charge is -2.11. The molecule has 0 saturated heterocycles. The molecule has 0 fully saturated rings. The molecule has 0 aliphatic heterocycles. The summed E-state index contributed by atoms with van der Waals surface area (Å²) >= 11 is 12.2. The molecule has 0 spiro atoms. The summed E-state index contributed by atoms with van der Waals surface area (Å²) in [6, 6.07) is 13.2. The Labute approximate surface area is 131 Å². The molecule has 2 aromatic carbocycles. The van der Waals surface area contributed by atoms with Crippen molar-refractivity contribution in [3.8, 4) is 6.07 Å². The molecule has 0 aliphatic rings. The van der Waals surface area contributed by atoms with Crippen LogP contribution in [-0.2, 0) is 6.54 Å². The second-order valence-corrected chi connectivity index (χ2v) is 5.82. The largest absolute Gasteiger partial charge is 0.390 e. The molecule has 1 unspecified atom stereocenters. The maximum Gasteiger partial charge on any atom is 0.0848 e. The van der Waals surface area contributed by atoms with E-state index in [4.69, 9.17) is 28.5 Å². The number of benzene rings is 2. The van der Waals surface area contributed by atoms with Crippen LogP contribution >= 0.6 is 23.2 Å². The van der Waals surface area contributed by atoms with Crippen LogP contribution in [0.4, 0.5) is 0 Å². The Bertz CT molecular complexity index is 805. The van der Waals surface area contributed by atoms with E-state index in [-0.39, 0.29) is 6.42 Å². The van der Waals surface area contributed by atoms with Gasteiger partial charge in [-0.3, -0.25) is 0 Å². The van der Waals surface area contributed by atoms with Crippen LogP contribution in [0.1, 0.15) is 6.42 Å². The zero-order valence-electron chi connectivity index (χ0n) is 11.1. The van der Waals surface area contributed by atoms with Gasteiger partial charge in [-0.15, -0.1) is 0 Å². The zero-order valence-corrected chi connectivity index (χ0v) is 12.6. The first kappa shape index (κ1) is 14.2. The summed E-state index contributed by atoms with van der Waals surface area (Å²) in [6.07, 6.45) is -0.609. The average molecular weight is 319 g/mol. The number of aliphatic hydroxyl groups is 1. The summed E-state index contributed by atoms with van der Waals surface area (Å²) in [5, 5.41) is 21.9.